The molecule has 46 heavy (non-hydrogen) atoms. The third-order valence-corrected chi connectivity index (χ3v) is 7.01. The van der Waals surface area contributed by atoms with Crippen molar-refractivity contribution < 1.29 is 38.3 Å². The molecule has 14 nitrogen and oxygen atoms in total. The van der Waals surface area contributed by atoms with E-state index in [1.807, 2.05) is 0 Å². The maximum Gasteiger partial charge on any atom is 0.312 e. The SMILES string of the molecule is CC(C)[C@H](NC(=O)CCCCN1C(=O)C=CC1=O)C(=O)N[C@@H](CCCNC(N)=O)C(=O)Nc1ccc(COC(=O)C(C)(C)C)cc1. The summed E-state index contributed by atoms with van der Waals surface area (Å²) >= 11 is 0. The van der Waals surface area contributed by atoms with Gasteiger partial charge in [-0.15, -0.1) is 0 Å². The Morgan fingerprint density at radius 3 is 2.09 bits per heavy atom. The lowest BCUT2D eigenvalue weighted by Gasteiger charge is -2.25. The average molecular weight is 643 g/mol. The van der Waals surface area contributed by atoms with E-state index in [2.05, 4.69) is 21.3 Å². The molecular formula is C32H46N6O8. The number of esters is 1. The van der Waals surface area contributed by atoms with Crippen molar-refractivity contribution in [2.75, 3.05) is 18.4 Å². The number of benzene rings is 1. The summed E-state index contributed by atoms with van der Waals surface area (Å²) in [4.78, 5) is 86.8. The lowest BCUT2D eigenvalue weighted by atomic mass is 9.97. The first kappa shape index (κ1) is 37.4. The minimum Gasteiger partial charge on any atom is -0.460 e. The number of rotatable bonds is 17. The van der Waals surface area contributed by atoms with Gasteiger partial charge < -0.3 is 31.7 Å². The Morgan fingerprint density at radius 1 is 0.891 bits per heavy atom. The first-order valence-corrected chi connectivity index (χ1v) is 15.3. The Balaban J connectivity index is 1.98. The summed E-state index contributed by atoms with van der Waals surface area (Å²) in [6, 6.07) is 4.06. The van der Waals surface area contributed by atoms with E-state index < -0.39 is 35.3 Å². The number of hydrogen-bond donors (Lipinski definition) is 5. The second kappa shape index (κ2) is 17.7. The summed E-state index contributed by atoms with van der Waals surface area (Å²) in [6.45, 7) is 9.25. The van der Waals surface area contributed by atoms with Gasteiger partial charge in [0, 0.05) is 37.3 Å². The number of urea groups is 1. The van der Waals surface area contributed by atoms with Gasteiger partial charge in [0.25, 0.3) is 11.8 Å². The number of primary amides is 1. The van der Waals surface area contributed by atoms with Crippen LogP contribution in [0.2, 0.25) is 0 Å². The van der Waals surface area contributed by atoms with Crippen LogP contribution >= 0.6 is 0 Å². The molecule has 1 aromatic rings. The molecule has 0 saturated carbocycles. The summed E-state index contributed by atoms with van der Waals surface area (Å²) in [5, 5.41) is 10.7. The first-order chi connectivity index (χ1) is 21.6. The number of nitrogens with zero attached hydrogens (tertiary/aromatic N) is 1. The van der Waals surface area contributed by atoms with E-state index in [-0.39, 0.29) is 62.1 Å². The number of carbonyl (C=O) groups excluding carboxylic acids is 7. The van der Waals surface area contributed by atoms with Crippen molar-refractivity contribution in [1.82, 2.24) is 20.9 Å². The molecule has 0 bridgehead atoms. The molecule has 6 N–H and O–H groups in total. The van der Waals surface area contributed by atoms with Crippen molar-refractivity contribution in [3.8, 4) is 0 Å². The highest BCUT2D eigenvalue weighted by molar-refractivity contribution is 6.12. The maximum atomic E-state index is 13.3. The Hall–Kier alpha value is -4.75. The molecule has 1 aliphatic rings. The van der Waals surface area contributed by atoms with Crippen molar-refractivity contribution in [2.24, 2.45) is 17.1 Å². The molecule has 1 aromatic carbocycles. The maximum absolute atomic E-state index is 13.3. The predicted octanol–water partition coefficient (Wildman–Crippen LogP) is 1.88. The quantitative estimate of drug-likeness (QED) is 0.0961. The molecule has 2 atom stereocenters. The highest BCUT2D eigenvalue weighted by Gasteiger charge is 2.29. The van der Waals surface area contributed by atoms with E-state index in [0.29, 0.717) is 24.9 Å². The van der Waals surface area contributed by atoms with Gasteiger partial charge in [-0.1, -0.05) is 26.0 Å². The Labute approximate surface area is 269 Å². The molecule has 14 heteroatoms. The molecule has 252 valence electrons. The minimum atomic E-state index is -1.00. The number of ether oxygens (including phenoxy) is 1. The molecule has 2 rings (SSSR count). The third kappa shape index (κ3) is 12.7. The molecule has 0 unspecified atom stereocenters. The van der Waals surface area contributed by atoms with Crippen molar-refractivity contribution in [2.45, 2.75) is 85.4 Å². The zero-order valence-electron chi connectivity index (χ0n) is 27.1. The van der Waals surface area contributed by atoms with Gasteiger partial charge in [-0.05, 0) is 70.1 Å². The lowest BCUT2D eigenvalue weighted by Crippen LogP contribution is -2.54. The van der Waals surface area contributed by atoms with Gasteiger partial charge in [0.05, 0.1) is 5.41 Å². The van der Waals surface area contributed by atoms with Crippen LogP contribution in [0.5, 0.6) is 0 Å². The topological polar surface area (TPSA) is 206 Å². The molecule has 1 aliphatic heterocycles. The first-order valence-electron chi connectivity index (χ1n) is 15.3. The number of imide groups is 1. The monoisotopic (exact) mass is 642 g/mol. The number of unbranched alkanes of at least 4 members (excludes halogenated alkanes) is 1. The summed E-state index contributed by atoms with van der Waals surface area (Å²) in [5.41, 5.74) is 5.67. The Morgan fingerprint density at radius 2 is 1.52 bits per heavy atom. The van der Waals surface area contributed by atoms with Crippen molar-refractivity contribution in [3.05, 3.63) is 42.0 Å². The molecule has 0 saturated heterocycles. The van der Waals surface area contributed by atoms with Gasteiger partial charge in [0.15, 0.2) is 0 Å². The van der Waals surface area contributed by atoms with Gasteiger partial charge >= 0.3 is 12.0 Å². The Bertz CT molecular complexity index is 1280. The van der Waals surface area contributed by atoms with E-state index in [0.717, 1.165) is 10.5 Å². The molecule has 0 fully saturated rings. The van der Waals surface area contributed by atoms with E-state index >= 15 is 0 Å². The zero-order chi connectivity index (χ0) is 34.4. The van der Waals surface area contributed by atoms with Gasteiger partial charge in [0.2, 0.25) is 17.7 Å². The minimum absolute atomic E-state index is 0.0768. The second-order valence-corrected chi connectivity index (χ2v) is 12.4. The molecule has 1 heterocycles. The van der Waals surface area contributed by atoms with Crippen LogP contribution in [0, 0.1) is 11.3 Å². The van der Waals surface area contributed by atoms with Crippen LogP contribution in [-0.2, 0) is 40.1 Å². The van der Waals surface area contributed by atoms with Gasteiger partial charge in [0.1, 0.15) is 18.7 Å². The number of nitrogens with one attached hydrogen (secondary N) is 4. The van der Waals surface area contributed by atoms with Crippen LogP contribution in [-0.4, -0.2) is 71.6 Å². The molecule has 7 amide bonds. The van der Waals surface area contributed by atoms with Gasteiger partial charge in [-0.3, -0.25) is 33.7 Å². The number of hydrogen-bond acceptors (Lipinski definition) is 8. The number of amides is 7. The van der Waals surface area contributed by atoms with E-state index in [1.165, 1.54) is 12.2 Å². The van der Waals surface area contributed by atoms with Crippen LogP contribution in [0.15, 0.2) is 36.4 Å². The van der Waals surface area contributed by atoms with Crippen LogP contribution in [0.25, 0.3) is 0 Å². The van der Waals surface area contributed by atoms with Crippen LogP contribution in [0.3, 0.4) is 0 Å². The standard InChI is InChI=1S/C32H46N6O8/c1-20(2)27(37-24(39)10-6-7-18-38-25(40)15-16-26(38)41)29(43)36-23(9-8-17-34-31(33)45)28(42)35-22-13-11-21(12-14-22)19-46-30(44)32(3,4)5/h11-16,20,23,27H,6-10,17-19H2,1-5H3,(H,35,42)(H,36,43)(H,37,39)(H3,33,34,45)/t23-,27-/m0/s1. The fraction of sp³-hybridized carbons (Fsp3) is 0.531. The van der Waals surface area contributed by atoms with E-state index in [4.69, 9.17) is 10.5 Å². The molecule has 0 aromatic heterocycles. The number of carbonyl (C=O) groups is 7. The smallest absolute Gasteiger partial charge is 0.312 e. The average Bonchev–Trinajstić information content (AvgIpc) is 3.30. The second-order valence-electron chi connectivity index (χ2n) is 12.4. The van der Waals surface area contributed by atoms with Crippen LogP contribution in [0.4, 0.5) is 10.5 Å². The summed E-state index contributed by atoms with van der Waals surface area (Å²) < 4.78 is 5.32. The van der Waals surface area contributed by atoms with Crippen molar-refractivity contribution in [1.29, 1.82) is 0 Å². The predicted molar refractivity (Wildman–Crippen MR) is 170 cm³/mol. The molecular weight excluding hydrogens is 596 g/mol. The number of anilines is 1. The fourth-order valence-corrected chi connectivity index (χ4v) is 4.31. The molecule has 0 aliphatic carbocycles. The largest absolute Gasteiger partial charge is 0.460 e. The van der Waals surface area contributed by atoms with Crippen molar-refractivity contribution >= 4 is 47.2 Å². The normalized spacial score (nSPS) is 14.1. The lowest BCUT2D eigenvalue weighted by molar-refractivity contribution is -0.154. The zero-order valence-corrected chi connectivity index (χ0v) is 27.1. The summed E-state index contributed by atoms with van der Waals surface area (Å²) in [7, 11) is 0. The summed E-state index contributed by atoms with van der Waals surface area (Å²) in [5.74, 6) is -2.86. The highest BCUT2D eigenvalue weighted by atomic mass is 16.5. The number of nitrogens with two attached hydrogens (primary N) is 1. The van der Waals surface area contributed by atoms with Gasteiger partial charge in [-0.2, -0.15) is 0 Å². The molecule has 0 radical (unpaired) electrons. The summed E-state index contributed by atoms with van der Waals surface area (Å²) in [6.07, 6.45) is 3.80. The van der Waals surface area contributed by atoms with E-state index in [9.17, 15) is 33.6 Å². The van der Waals surface area contributed by atoms with E-state index in [1.54, 1.807) is 58.9 Å². The third-order valence-electron chi connectivity index (χ3n) is 7.01. The fourth-order valence-electron chi connectivity index (χ4n) is 4.31. The van der Waals surface area contributed by atoms with Crippen LogP contribution in [0.1, 0.15) is 72.3 Å². The highest BCUT2D eigenvalue weighted by Crippen LogP contribution is 2.18. The van der Waals surface area contributed by atoms with Crippen molar-refractivity contribution in [3.63, 3.8) is 0 Å². The molecule has 0 spiro atoms. The Kier molecular flexibility index (Phi) is 14.4. The van der Waals surface area contributed by atoms with Gasteiger partial charge in [-0.25, -0.2) is 4.79 Å². The van der Waals surface area contributed by atoms with Crippen LogP contribution < -0.4 is 27.0 Å².